The standard InChI is InChI=1S/C21H24N2O6S/c1-15(20(24)22-18-7-3-4-8-19(18)28-2)29-21(25)16-9-11-17(12-10-16)30(26,27)23-13-5-6-14-23/h3-4,7-12,15H,5-6,13-14H2,1-2H3,(H,22,24)/t15-/m1/s1. The average Bonchev–Trinajstić information content (AvgIpc) is 3.30. The van der Waals surface area contributed by atoms with E-state index in [0.717, 1.165) is 12.8 Å². The van der Waals surface area contributed by atoms with Crippen molar-refractivity contribution in [2.75, 3.05) is 25.5 Å². The van der Waals surface area contributed by atoms with Crippen molar-refractivity contribution in [3.63, 3.8) is 0 Å². The molecule has 1 amide bonds. The van der Waals surface area contributed by atoms with Gasteiger partial charge in [-0.05, 0) is 56.2 Å². The maximum absolute atomic E-state index is 12.6. The van der Waals surface area contributed by atoms with Gasteiger partial charge in [-0.15, -0.1) is 0 Å². The molecule has 1 fully saturated rings. The number of rotatable bonds is 7. The zero-order valence-electron chi connectivity index (χ0n) is 16.8. The number of carbonyl (C=O) groups excluding carboxylic acids is 2. The molecule has 8 nitrogen and oxygen atoms in total. The van der Waals surface area contributed by atoms with Crippen LogP contribution in [0.3, 0.4) is 0 Å². The quantitative estimate of drug-likeness (QED) is 0.675. The molecule has 30 heavy (non-hydrogen) atoms. The first-order valence-electron chi connectivity index (χ1n) is 9.58. The lowest BCUT2D eigenvalue weighted by Crippen LogP contribution is -2.30. The lowest BCUT2D eigenvalue weighted by atomic mass is 10.2. The first-order valence-corrected chi connectivity index (χ1v) is 11.0. The summed E-state index contributed by atoms with van der Waals surface area (Å²) in [6.07, 6.45) is 0.632. The molecule has 2 aromatic rings. The molecule has 160 valence electrons. The summed E-state index contributed by atoms with van der Waals surface area (Å²) in [4.78, 5) is 24.8. The van der Waals surface area contributed by atoms with Crippen LogP contribution in [-0.4, -0.2) is 50.9 Å². The molecule has 1 aliphatic rings. The van der Waals surface area contributed by atoms with E-state index in [1.54, 1.807) is 24.3 Å². The van der Waals surface area contributed by atoms with Gasteiger partial charge in [-0.25, -0.2) is 13.2 Å². The summed E-state index contributed by atoms with van der Waals surface area (Å²) in [7, 11) is -2.07. The van der Waals surface area contributed by atoms with Gasteiger partial charge in [0.25, 0.3) is 5.91 Å². The van der Waals surface area contributed by atoms with Crippen molar-refractivity contribution in [2.45, 2.75) is 30.8 Å². The van der Waals surface area contributed by atoms with Crippen molar-refractivity contribution in [1.29, 1.82) is 0 Å². The molecule has 1 N–H and O–H groups in total. The topological polar surface area (TPSA) is 102 Å². The van der Waals surface area contributed by atoms with Crippen molar-refractivity contribution in [1.82, 2.24) is 4.31 Å². The highest BCUT2D eigenvalue weighted by Crippen LogP contribution is 2.24. The van der Waals surface area contributed by atoms with E-state index in [-0.39, 0.29) is 10.5 Å². The maximum Gasteiger partial charge on any atom is 0.338 e. The predicted octanol–water partition coefficient (Wildman–Crippen LogP) is 2.66. The number of methoxy groups -OCH3 is 1. The summed E-state index contributed by atoms with van der Waals surface area (Å²) in [5.74, 6) is -0.747. The third-order valence-corrected chi connectivity index (χ3v) is 6.72. The fraction of sp³-hybridized carbons (Fsp3) is 0.333. The number of hydrogen-bond donors (Lipinski definition) is 1. The van der Waals surface area contributed by atoms with Crippen LogP contribution in [0.5, 0.6) is 5.75 Å². The highest BCUT2D eigenvalue weighted by atomic mass is 32.2. The summed E-state index contributed by atoms with van der Waals surface area (Å²) in [6, 6.07) is 12.4. The smallest absolute Gasteiger partial charge is 0.338 e. The summed E-state index contributed by atoms with van der Waals surface area (Å²) in [6.45, 7) is 2.46. The maximum atomic E-state index is 12.6. The average molecular weight is 432 g/mol. The predicted molar refractivity (Wildman–Crippen MR) is 111 cm³/mol. The van der Waals surface area contributed by atoms with Gasteiger partial charge in [0.05, 0.1) is 23.3 Å². The number of carbonyl (C=O) groups is 2. The van der Waals surface area contributed by atoms with Crippen LogP contribution in [-0.2, 0) is 19.6 Å². The molecule has 1 saturated heterocycles. The fourth-order valence-electron chi connectivity index (χ4n) is 3.10. The van der Waals surface area contributed by atoms with Gasteiger partial charge < -0.3 is 14.8 Å². The van der Waals surface area contributed by atoms with E-state index in [0.29, 0.717) is 24.5 Å². The summed E-state index contributed by atoms with van der Waals surface area (Å²) < 4.78 is 36.9. The zero-order chi connectivity index (χ0) is 21.7. The van der Waals surface area contributed by atoms with E-state index in [2.05, 4.69) is 5.32 Å². The van der Waals surface area contributed by atoms with E-state index < -0.39 is 28.0 Å². The van der Waals surface area contributed by atoms with Crippen molar-refractivity contribution in [3.8, 4) is 5.75 Å². The van der Waals surface area contributed by atoms with Crippen LogP contribution in [0.1, 0.15) is 30.1 Å². The Morgan fingerprint density at radius 2 is 1.67 bits per heavy atom. The Balaban J connectivity index is 1.63. The van der Waals surface area contributed by atoms with Crippen molar-refractivity contribution in [2.24, 2.45) is 0 Å². The summed E-state index contributed by atoms with van der Waals surface area (Å²) in [5, 5.41) is 2.65. The molecule has 1 atom stereocenters. The minimum Gasteiger partial charge on any atom is -0.495 e. The Hall–Kier alpha value is -2.91. The largest absolute Gasteiger partial charge is 0.495 e. The number of para-hydroxylation sites is 2. The molecule has 0 bridgehead atoms. The number of amides is 1. The van der Waals surface area contributed by atoms with E-state index in [1.807, 2.05) is 0 Å². The Kier molecular flexibility index (Phi) is 6.73. The molecule has 0 aromatic heterocycles. The van der Waals surface area contributed by atoms with E-state index in [9.17, 15) is 18.0 Å². The molecule has 1 aliphatic heterocycles. The van der Waals surface area contributed by atoms with Gasteiger partial charge in [0.2, 0.25) is 10.0 Å². The second-order valence-corrected chi connectivity index (χ2v) is 8.81. The monoisotopic (exact) mass is 432 g/mol. The number of sulfonamides is 1. The van der Waals surface area contributed by atoms with Crippen molar-refractivity contribution >= 4 is 27.6 Å². The SMILES string of the molecule is COc1ccccc1NC(=O)[C@@H](C)OC(=O)c1ccc(S(=O)(=O)N2CCCC2)cc1. The Morgan fingerprint density at radius 3 is 2.30 bits per heavy atom. The molecule has 9 heteroatoms. The van der Waals surface area contributed by atoms with Crippen LogP contribution in [0.15, 0.2) is 53.4 Å². The molecular formula is C21H24N2O6S. The number of nitrogens with one attached hydrogen (secondary N) is 1. The Labute approximate surface area is 175 Å². The molecule has 0 spiro atoms. The van der Waals surface area contributed by atoms with E-state index in [1.165, 1.54) is 42.6 Å². The van der Waals surface area contributed by atoms with Gasteiger partial charge in [0, 0.05) is 13.1 Å². The van der Waals surface area contributed by atoms with E-state index >= 15 is 0 Å². The number of nitrogens with zero attached hydrogens (tertiary/aromatic N) is 1. The van der Waals surface area contributed by atoms with Gasteiger partial charge in [0.1, 0.15) is 5.75 Å². The van der Waals surface area contributed by atoms with Crippen LogP contribution in [0.25, 0.3) is 0 Å². The number of benzene rings is 2. The highest BCUT2D eigenvalue weighted by Gasteiger charge is 2.27. The van der Waals surface area contributed by atoms with Crippen LogP contribution in [0.4, 0.5) is 5.69 Å². The molecule has 0 saturated carbocycles. The lowest BCUT2D eigenvalue weighted by Gasteiger charge is -2.16. The molecular weight excluding hydrogens is 408 g/mol. The lowest BCUT2D eigenvalue weighted by molar-refractivity contribution is -0.123. The van der Waals surface area contributed by atoms with Gasteiger partial charge >= 0.3 is 5.97 Å². The van der Waals surface area contributed by atoms with Crippen LogP contribution >= 0.6 is 0 Å². The normalized spacial score (nSPS) is 15.4. The minimum absolute atomic E-state index is 0.128. The number of anilines is 1. The van der Waals surface area contributed by atoms with Gasteiger partial charge in [0.15, 0.2) is 6.10 Å². The molecule has 2 aromatic carbocycles. The first-order chi connectivity index (χ1) is 14.3. The zero-order valence-corrected chi connectivity index (χ0v) is 17.6. The second-order valence-electron chi connectivity index (χ2n) is 6.87. The molecule has 3 rings (SSSR count). The second kappa shape index (κ2) is 9.27. The Bertz CT molecular complexity index is 1010. The summed E-state index contributed by atoms with van der Waals surface area (Å²) >= 11 is 0. The van der Waals surface area contributed by atoms with Crippen LogP contribution in [0, 0.1) is 0 Å². The third-order valence-electron chi connectivity index (χ3n) is 4.81. The highest BCUT2D eigenvalue weighted by molar-refractivity contribution is 7.89. The Morgan fingerprint density at radius 1 is 1.03 bits per heavy atom. The molecule has 1 heterocycles. The molecule has 0 radical (unpaired) electrons. The number of hydrogen-bond acceptors (Lipinski definition) is 6. The van der Waals surface area contributed by atoms with Crippen LogP contribution in [0.2, 0.25) is 0 Å². The van der Waals surface area contributed by atoms with Gasteiger partial charge in [-0.1, -0.05) is 12.1 Å². The third kappa shape index (κ3) is 4.80. The van der Waals surface area contributed by atoms with Crippen molar-refractivity contribution < 1.29 is 27.5 Å². The van der Waals surface area contributed by atoms with Gasteiger partial charge in [-0.3, -0.25) is 4.79 Å². The van der Waals surface area contributed by atoms with Crippen molar-refractivity contribution in [3.05, 3.63) is 54.1 Å². The number of esters is 1. The molecule has 0 unspecified atom stereocenters. The van der Waals surface area contributed by atoms with E-state index in [4.69, 9.17) is 9.47 Å². The summed E-state index contributed by atoms with van der Waals surface area (Å²) in [5.41, 5.74) is 0.622. The fourth-order valence-corrected chi connectivity index (χ4v) is 4.62. The van der Waals surface area contributed by atoms with Crippen LogP contribution < -0.4 is 10.1 Å². The number of ether oxygens (including phenoxy) is 2. The molecule has 0 aliphatic carbocycles. The first kappa shape index (κ1) is 21.8. The van der Waals surface area contributed by atoms with Gasteiger partial charge in [-0.2, -0.15) is 4.31 Å². The minimum atomic E-state index is -3.55.